The number of ether oxygens (including phenoxy) is 2. The number of hydrogen-bond acceptors (Lipinski definition) is 10. The number of nitrogens with two attached hydrogens (primary N) is 1. The number of amides is 4. The van der Waals surface area contributed by atoms with Crippen LogP contribution < -0.4 is 16.6 Å². The third-order valence-electron chi connectivity index (χ3n) is 10.6. The number of nitrogens with one attached hydrogen (secondary N) is 4. The second kappa shape index (κ2) is 18.4. The van der Waals surface area contributed by atoms with Crippen LogP contribution in [-0.4, -0.2) is 97.1 Å². The number of alkyl carbamates (subject to hydrolysis) is 1. The number of methoxy groups -OCH3 is 2. The third-order valence-corrected chi connectivity index (χ3v) is 10.6. The Morgan fingerprint density at radius 2 is 1.37 bits per heavy atom. The van der Waals surface area contributed by atoms with Gasteiger partial charge in [0.05, 0.1) is 61.1 Å². The van der Waals surface area contributed by atoms with E-state index in [0.29, 0.717) is 47.0 Å². The summed E-state index contributed by atoms with van der Waals surface area (Å²) in [5.41, 5.74) is 9.64. The molecule has 0 aliphatic carbocycles. The minimum absolute atomic E-state index is 0.0466. The summed E-state index contributed by atoms with van der Waals surface area (Å²) in [5.74, 6) is 1.63. The molecule has 0 spiro atoms. The van der Waals surface area contributed by atoms with Crippen molar-refractivity contribution in [3.05, 3.63) is 76.9 Å². The fourth-order valence-corrected chi connectivity index (χ4v) is 7.57. The van der Waals surface area contributed by atoms with Crippen molar-refractivity contribution in [1.29, 1.82) is 0 Å². The molecular weight excluding hydrogens is 757 g/mol. The molecule has 4 amide bonds. The summed E-state index contributed by atoms with van der Waals surface area (Å²) in [6.07, 6.45) is 6.06. The molecule has 17 heteroatoms. The second-order valence-electron chi connectivity index (χ2n) is 15.5. The van der Waals surface area contributed by atoms with Crippen molar-refractivity contribution in [1.82, 2.24) is 45.0 Å². The molecule has 3 atom stereocenters. The van der Waals surface area contributed by atoms with Gasteiger partial charge in [0.15, 0.2) is 0 Å². The number of benzene rings is 2. The first-order valence-electron chi connectivity index (χ1n) is 19.8. The van der Waals surface area contributed by atoms with Crippen molar-refractivity contribution >= 4 is 35.0 Å². The molecule has 7 rings (SSSR count). The van der Waals surface area contributed by atoms with E-state index < -0.39 is 18.2 Å². The molecule has 0 unspecified atom stereocenters. The van der Waals surface area contributed by atoms with Crippen LogP contribution in [0, 0.1) is 11.8 Å². The highest BCUT2D eigenvalue weighted by molar-refractivity contribution is 5.87. The number of fused-ring (bicyclic) bond motifs is 1. The van der Waals surface area contributed by atoms with E-state index in [1.54, 1.807) is 17.3 Å². The number of carbonyl (C=O) groups is 4. The maximum atomic E-state index is 13.5. The minimum atomic E-state index is -0.745. The third kappa shape index (κ3) is 9.62. The van der Waals surface area contributed by atoms with Gasteiger partial charge in [-0.15, -0.1) is 0 Å². The van der Waals surface area contributed by atoms with Crippen molar-refractivity contribution in [3.8, 4) is 33.8 Å². The van der Waals surface area contributed by atoms with E-state index >= 15 is 0 Å². The monoisotopic (exact) mass is 808 g/mol. The molecular formula is C42H52N10O7. The summed E-state index contributed by atoms with van der Waals surface area (Å²) in [4.78, 5) is 88.6. The second-order valence-corrected chi connectivity index (χ2v) is 15.5. The molecule has 2 saturated heterocycles. The number of nitrogens with zero attached hydrogens (tertiary/aromatic N) is 5. The van der Waals surface area contributed by atoms with E-state index in [1.807, 2.05) is 61.2 Å². The van der Waals surface area contributed by atoms with Crippen molar-refractivity contribution < 1.29 is 28.7 Å². The fraction of sp³-hybridized carbons (Fsp3) is 0.429. The molecule has 3 aromatic heterocycles. The van der Waals surface area contributed by atoms with Gasteiger partial charge >= 0.3 is 12.2 Å². The number of imidazole rings is 2. The van der Waals surface area contributed by atoms with Crippen LogP contribution in [0.4, 0.5) is 9.59 Å². The number of rotatable bonds is 10. The van der Waals surface area contributed by atoms with Gasteiger partial charge in [0, 0.05) is 30.6 Å². The molecule has 2 fully saturated rings. The first kappa shape index (κ1) is 42.1. The molecule has 2 aromatic carbocycles. The zero-order chi connectivity index (χ0) is 42.4. The lowest BCUT2D eigenvalue weighted by Crippen LogP contribution is -2.51. The van der Waals surface area contributed by atoms with Crippen LogP contribution in [0.3, 0.4) is 0 Å². The van der Waals surface area contributed by atoms with Gasteiger partial charge in [-0.25, -0.2) is 24.5 Å². The highest BCUT2D eigenvalue weighted by Crippen LogP contribution is 2.34. The summed E-state index contributed by atoms with van der Waals surface area (Å²) < 4.78 is 8.63. The molecule has 0 bridgehead atoms. The van der Waals surface area contributed by atoms with E-state index in [-0.39, 0.29) is 35.4 Å². The Morgan fingerprint density at radius 3 is 1.95 bits per heavy atom. The predicted octanol–water partition coefficient (Wildman–Crippen LogP) is 5.84. The van der Waals surface area contributed by atoms with Crippen molar-refractivity contribution in [2.75, 3.05) is 27.3 Å². The lowest BCUT2D eigenvalue weighted by Gasteiger charge is -2.30. The average molecular weight is 809 g/mol. The van der Waals surface area contributed by atoms with Crippen LogP contribution in [-0.2, 0) is 19.1 Å². The Balaban J connectivity index is 0.00000110. The Morgan fingerprint density at radius 1 is 0.814 bits per heavy atom. The van der Waals surface area contributed by atoms with Gasteiger partial charge in [0.2, 0.25) is 11.8 Å². The lowest BCUT2D eigenvalue weighted by atomic mass is 10.0. The van der Waals surface area contributed by atoms with E-state index in [2.05, 4.69) is 54.6 Å². The van der Waals surface area contributed by atoms with E-state index in [4.69, 9.17) is 9.72 Å². The summed E-state index contributed by atoms with van der Waals surface area (Å²) >= 11 is 0. The molecule has 0 radical (unpaired) electrons. The number of carbonyl (C=O) groups excluding carboxylic acids is 4. The number of hydrogen-bond donors (Lipinski definition) is 5. The Bertz CT molecular complexity index is 2350. The Labute approximate surface area is 341 Å². The Hall–Kier alpha value is -6.52. The first-order chi connectivity index (χ1) is 28.3. The molecule has 5 heterocycles. The SMILES string of the molecule is COC(=O)N[C@H](C(=O)N1CCC[C@H]1c1ncc(-c2ccc3nc(-c4ccc(-c5cnc([C@@H]6CCCN6C(=O)CC(C)C)[nH]5)cc4)c(=O)[nH]c3c2)[nH]1)C(C)C.COC(N)=O. The van der Waals surface area contributed by atoms with Crippen LogP contribution in [0.1, 0.15) is 83.5 Å². The van der Waals surface area contributed by atoms with Gasteiger partial charge in [0.1, 0.15) is 23.4 Å². The molecule has 6 N–H and O–H groups in total. The molecule has 0 saturated carbocycles. The van der Waals surface area contributed by atoms with Crippen molar-refractivity contribution in [2.24, 2.45) is 17.6 Å². The largest absolute Gasteiger partial charge is 0.453 e. The fourth-order valence-electron chi connectivity index (χ4n) is 7.57. The topological polar surface area (TPSA) is 234 Å². The van der Waals surface area contributed by atoms with Gasteiger partial charge in [-0.3, -0.25) is 14.4 Å². The maximum Gasteiger partial charge on any atom is 0.407 e. The van der Waals surface area contributed by atoms with Crippen molar-refractivity contribution in [2.45, 2.75) is 77.9 Å². The van der Waals surface area contributed by atoms with Crippen LogP contribution in [0.2, 0.25) is 0 Å². The first-order valence-corrected chi connectivity index (χ1v) is 19.8. The summed E-state index contributed by atoms with van der Waals surface area (Å²) in [6.45, 7) is 9.19. The summed E-state index contributed by atoms with van der Waals surface area (Å²) in [7, 11) is 2.50. The Kier molecular flexibility index (Phi) is 13.1. The predicted molar refractivity (Wildman–Crippen MR) is 221 cm³/mol. The normalized spacial score (nSPS) is 16.9. The molecule has 2 aliphatic heterocycles. The van der Waals surface area contributed by atoms with Crippen LogP contribution in [0.25, 0.3) is 44.8 Å². The van der Waals surface area contributed by atoms with Gasteiger partial charge in [-0.1, -0.05) is 58.0 Å². The molecule has 5 aromatic rings. The van der Waals surface area contributed by atoms with E-state index in [9.17, 15) is 24.0 Å². The lowest BCUT2D eigenvalue weighted by molar-refractivity contribution is -0.135. The smallest absolute Gasteiger partial charge is 0.407 e. The number of likely N-dealkylation sites (tertiary alicyclic amines) is 2. The van der Waals surface area contributed by atoms with E-state index in [0.717, 1.165) is 60.6 Å². The summed E-state index contributed by atoms with van der Waals surface area (Å²) in [6, 6.07) is 12.2. The molecule has 2 aliphatic rings. The maximum absolute atomic E-state index is 13.5. The van der Waals surface area contributed by atoms with Gasteiger partial charge in [0.25, 0.3) is 5.56 Å². The van der Waals surface area contributed by atoms with Crippen LogP contribution in [0.5, 0.6) is 0 Å². The summed E-state index contributed by atoms with van der Waals surface area (Å²) in [5, 5.41) is 2.68. The standard InChI is InChI=1S/C40H47N9O5.C2H5NO2/c1-22(2)18-33(50)48-16-6-8-31(48)36-41-20-29(44-36)24-10-12-25(13-11-24)35-38(51)46-28-19-26(14-15-27(28)43-35)30-21-42-37(45-30)32-9-7-17-49(32)39(52)34(23(3)4)47-40(53)54-5;1-5-2(3)4/h10-15,19-23,31-32,34H,6-9,16-18H2,1-5H3,(H,41,44)(H,42,45)(H,46,51)(H,47,53);1H3,(H2,3,4)/t31-,32-,34-;/m0./s1. The number of aromatic amines is 3. The van der Waals surface area contributed by atoms with E-state index in [1.165, 1.54) is 14.2 Å². The van der Waals surface area contributed by atoms with Crippen LogP contribution in [0.15, 0.2) is 59.7 Å². The average Bonchev–Trinajstić information content (AvgIpc) is 4.06. The van der Waals surface area contributed by atoms with Crippen LogP contribution >= 0.6 is 0 Å². The number of H-pyrrole nitrogens is 3. The number of aromatic nitrogens is 6. The number of primary amides is 1. The molecule has 59 heavy (non-hydrogen) atoms. The zero-order valence-corrected chi connectivity index (χ0v) is 34.2. The zero-order valence-electron chi connectivity index (χ0n) is 34.2. The molecule has 17 nitrogen and oxygen atoms in total. The highest BCUT2D eigenvalue weighted by atomic mass is 16.5. The molecule has 312 valence electrons. The van der Waals surface area contributed by atoms with Gasteiger partial charge in [-0.2, -0.15) is 0 Å². The van der Waals surface area contributed by atoms with Gasteiger partial charge < -0.3 is 45.3 Å². The minimum Gasteiger partial charge on any atom is -0.453 e. The van der Waals surface area contributed by atoms with Gasteiger partial charge in [-0.05, 0) is 55.2 Å². The quantitative estimate of drug-likeness (QED) is 0.113. The van der Waals surface area contributed by atoms with Crippen molar-refractivity contribution in [3.63, 3.8) is 0 Å². The highest BCUT2D eigenvalue weighted by Gasteiger charge is 2.37.